The minimum Gasteiger partial charge on any atom is -0.420 e. The Hall–Kier alpha value is -3.74. The van der Waals surface area contributed by atoms with Crippen LogP contribution in [-0.2, 0) is 52.6 Å². The number of aromatic nitrogens is 6. The first-order chi connectivity index (χ1) is 25.1. The minimum absolute atomic E-state index is 0.0514. The highest BCUT2D eigenvalue weighted by Gasteiger charge is 2.44. The van der Waals surface area contributed by atoms with E-state index in [1.165, 1.54) is 0 Å². The topological polar surface area (TPSA) is 215 Å². The summed E-state index contributed by atoms with van der Waals surface area (Å²) in [4.78, 5) is 11.7. The summed E-state index contributed by atoms with van der Waals surface area (Å²) < 4.78 is 105. The number of esters is 1. The third-order valence-electron chi connectivity index (χ3n) is 7.47. The first-order valence-corrected chi connectivity index (χ1v) is 16.1. The average molecular weight is 755 g/mol. The Morgan fingerprint density at radius 1 is 0.788 bits per heavy atom. The molecule has 1 saturated heterocycles. The molecule has 0 spiro atoms. The van der Waals surface area contributed by atoms with Crippen LogP contribution in [0, 0.1) is 29.1 Å². The molecular formula is C30H39F5N6O11. The molecule has 0 amide bonds. The van der Waals surface area contributed by atoms with E-state index in [0.29, 0.717) is 51.3 Å². The van der Waals surface area contributed by atoms with Crippen molar-refractivity contribution in [2.24, 2.45) is 0 Å². The van der Waals surface area contributed by atoms with Crippen LogP contribution in [0.5, 0.6) is 5.75 Å². The number of H-pyrrole nitrogens is 1. The van der Waals surface area contributed by atoms with Gasteiger partial charge in [-0.2, -0.15) is 8.78 Å². The van der Waals surface area contributed by atoms with Gasteiger partial charge in [0.05, 0.1) is 96.1 Å². The van der Waals surface area contributed by atoms with Gasteiger partial charge in [-0.05, 0) is 12.8 Å². The molecule has 1 aromatic carbocycles. The highest BCUT2D eigenvalue weighted by Crippen LogP contribution is 2.29. The fourth-order valence-electron chi connectivity index (χ4n) is 4.69. The molecule has 4 N–H and O–H groups in total. The number of halogens is 5. The van der Waals surface area contributed by atoms with Crippen molar-refractivity contribution in [1.82, 2.24) is 30.4 Å². The lowest BCUT2D eigenvalue weighted by Crippen LogP contribution is -2.58. The predicted molar refractivity (Wildman–Crippen MR) is 161 cm³/mol. The second-order valence-corrected chi connectivity index (χ2v) is 11.2. The predicted octanol–water partition coefficient (Wildman–Crippen LogP) is 0.153. The fourth-order valence-corrected chi connectivity index (χ4v) is 4.69. The summed E-state index contributed by atoms with van der Waals surface area (Å²) in [5.74, 6) is -14.2. The third-order valence-corrected chi connectivity index (χ3v) is 7.47. The Kier molecular flexibility index (Phi) is 16.6. The SMILES string of the molecule is O=C(CCOCCOCCOCCOCCn1cc(CCO[C@H]2O[C@H](CCc3cnn[nH]3)[C@@H](O)[C@H](O)[C@@H]2O)nn1)Oc1c(F)c(F)c(F)c(F)c1F. The molecule has 0 aliphatic carbocycles. The van der Waals surface area contributed by atoms with Gasteiger partial charge in [-0.3, -0.25) is 9.89 Å². The van der Waals surface area contributed by atoms with Crippen molar-refractivity contribution in [2.75, 3.05) is 59.5 Å². The van der Waals surface area contributed by atoms with Gasteiger partial charge in [0.2, 0.25) is 34.8 Å². The zero-order chi connectivity index (χ0) is 37.5. The van der Waals surface area contributed by atoms with Crippen LogP contribution in [0.15, 0.2) is 12.4 Å². The molecule has 0 radical (unpaired) electrons. The molecule has 22 heteroatoms. The van der Waals surface area contributed by atoms with E-state index >= 15 is 0 Å². The molecule has 4 rings (SSSR count). The Labute approximate surface area is 292 Å². The maximum atomic E-state index is 13.6. The Balaban J connectivity index is 0.962. The lowest BCUT2D eigenvalue weighted by atomic mass is 9.95. The lowest BCUT2D eigenvalue weighted by molar-refractivity contribution is -0.297. The quantitative estimate of drug-likeness (QED) is 0.0253. The van der Waals surface area contributed by atoms with Crippen molar-refractivity contribution in [2.45, 2.75) is 62.9 Å². The maximum absolute atomic E-state index is 13.6. The van der Waals surface area contributed by atoms with Gasteiger partial charge >= 0.3 is 5.97 Å². The smallest absolute Gasteiger partial charge is 0.313 e. The first kappa shape index (κ1) is 41.0. The number of aliphatic hydroxyl groups excluding tert-OH is 3. The maximum Gasteiger partial charge on any atom is 0.313 e. The van der Waals surface area contributed by atoms with E-state index in [4.69, 9.17) is 28.4 Å². The van der Waals surface area contributed by atoms with E-state index in [9.17, 15) is 42.1 Å². The number of nitrogens with zero attached hydrogens (tertiary/aromatic N) is 5. The normalized spacial score (nSPS) is 20.4. The van der Waals surface area contributed by atoms with Crippen LogP contribution in [0.1, 0.15) is 24.2 Å². The Morgan fingerprint density at radius 2 is 1.40 bits per heavy atom. The molecule has 290 valence electrons. The van der Waals surface area contributed by atoms with Gasteiger partial charge in [0.1, 0.15) is 18.3 Å². The molecule has 52 heavy (non-hydrogen) atoms. The molecule has 2 aromatic heterocycles. The van der Waals surface area contributed by atoms with Crippen LogP contribution in [0.2, 0.25) is 0 Å². The molecule has 1 aliphatic rings. The molecule has 1 fully saturated rings. The van der Waals surface area contributed by atoms with Crippen molar-refractivity contribution in [3.05, 3.63) is 52.9 Å². The number of carbonyl (C=O) groups excluding carboxylic acids is 1. The van der Waals surface area contributed by atoms with E-state index in [1.807, 2.05) is 0 Å². The van der Waals surface area contributed by atoms with Crippen LogP contribution in [0.3, 0.4) is 0 Å². The molecule has 0 bridgehead atoms. The lowest BCUT2D eigenvalue weighted by Gasteiger charge is -2.40. The van der Waals surface area contributed by atoms with Crippen molar-refractivity contribution < 1.29 is 75.2 Å². The highest BCUT2D eigenvalue weighted by molar-refractivity contribution is 5.72. The number of carbonyl (C=O) groups is 1. The zero-order valence-electron chi connectivity index (χ0n) is 27.7. The largest absolute Gasteiger partial charge is 0.420 e. The van der Waals surface area contributed by atoms with Crippen molar-refractivity contribution in [1.29, 1.82) is 0 Å². The van der Waals surface area contributed by atoms with Gasteiger partial charge in [-0.1, -0.05) is 10.4 Å². The molecule has 0 unspecified atom stereocenters. The van der Waals surface area contributed by atoms with Crippen molar-refractivity contribution >= 4 is 5.97 Å². The first-order valence-electron chi connectivity index (χ1n) is 16.1. The Morgan fingerprint density at radius 3 is 2.04 bits per heavy atom. The van der Waals surface area contributed by atoms with E-state index < -0.39 is 77.9 Å². The molecule has 1 aliphatic heterocycles. The standard InChI is InChI=1S/C30H39F5N6O11/c31-21-22(32)24(34)29(25(35)23(21)33)52-20(42)4-6-46-9-11-48-13-14-49-12-10-47-8-5-41-16-18(38-40-41)3-7-50-30-28(45)27(44)26(43)19(51-30)2-1-17-15-36-39-37-17/h15-16,19,26-28,30,43-45H,1-14H2,(H,36,37,39)/t19-,26-,27+,28+,30+/m1/s1. The molecule has 3 aromatic rings. The minimum atomic E-state index is -2.36. The van der Waals surface area contributed by atoms with E-state index in [2.05, 4.69) is 30.5 Å². The number of aromatic amines is 1. The van der Waals surface area contributed by atoms with Gasteiger partial charge in [0.25, 0.3) is 0 Å². The van der Waals surface area contributed by atoms with E-state index in [-0.39, 0.29) is 39.6 Å². The second kappa shape index (κ2) is 21.1. The van der Waals surface area contributed by atoms with Crippen LogP contribution in [0.4, 0.5) is 22.0 Å². The van der Waals surface area contributed by atoms with Crippen LogP contribution in [-0.4, -0.2) is 142 Å². The molecule has 3 heterocycles. The Bertz CT molecular complexity index is 1500. The fraction of sp³-hybridized carbons (Fsp3) is 0.633. The van der Waals surface area contributed by atoms with Crippen LogP contribution >= 0.6 is 0 Å². The number of rotatable bonds is 23. The average Bonchev–Trinajstić information content (AvgIpc) is 3.84. The van der Waals surface area contributed by atoms with Crippen LogP contribution < -0.4 is 4.74 Å². The summed E-state index contributed by atoms with van der Waals surface area (Å²) >= 11 is 0. The zero-order valence-corrected chi connectivity index (χ0v) is 27.7. The number of aryl methyl sites for hydroxylation is 1. The summed E-state index contributed by atoms with van der Waals surface area (Å²) in [7, 11) is 0. The van der Waals surface area contributed by atoms with E-state index in [0.717, 1.165) is 5.69 Å². The van der Waals surface area contributed by atoms with Crippen molar-refractivity contribution in [3.63, 3.8) is 0 Å². The van der Waals surface area contributed by atoms with E-state index in [1.54, 1.807) is 17.1 Å². The number of hydrogen-bond acceptors (Lipinski definition) is 15. The van der Waals surface area contributed by atoms with Crippen LogP contribution in [0.25, 0.3) is 0 Å². The summed E-state index contributed by atoms with van der Waals surface area (Å²) in [5.41, 5.74) is 1.36. The molecule has 0 saturated carbocycles. The monoisotopic (exact) mass is 754 g/mol. The van der Waals surface area contributed by atoms with Crippen molar-refractivity contribution in [3.8, 4) is 5.75 Å². The van der Waals surface area contributed by atoms with Gasteiger partial charge < -0.3 is 48.5 Å². The van der Waals surface area contributed by atoms with Gasteiger partial charge in [0.15, 0.2) is 6.29 Å². The van der Waals surface area contributed by atoms with Gasteiger partial charge in [-0.25, -0.2) is 17.9 Å². The summed E-state index contributed by atoms with van der Waals surface area (Å²) in [6.07, 6.45) is -2.17. The third kappa shape index (κ3) is 12.2. The number of ether oxygens (including phenoxy) is 7. The molecule has 17 nitrogen and oxygen atoms in total. The number of aliphatic hydroxyl groups is 3. The van der Waals surface area contributed by atoms with Gasteiger partial charge in [-0.15, -0.1) is 10.2 Å². The summed E-state index contributed by atoms with van der Waals surface area (Å²) in [6.45, 7) is 1.91. The summed E-state index contributed by atoms with van der Waals surface area (Å²) in [6, 6.07) is 0. The molecular weight excluding hydrogens is 715 g/mol. The number of benzene rings is 1. The highest BCUT2D eigenvalue weighted by atomic mass is 19.2. The number of nitrogens with one attached hydrogen (secondary N) is 1. The number of hydrogen-bond donors (Lipinski definition) is 4. The van der Waals surface area contributed by atoms with Gasteiger partial charge in [0, 0.05) is 12.6 Å². The summed E-state index contributed by atoms with van der Waals surface area (Å²) in [5, 5.41) is 49.0. The second-order valence-electron chi connectivity index (χ2n) is 11.2. The molecule has 5 atom stereocenters.